The predicted octanol–water partition coefficient (Wildman–Crippen LogP) is 3.85. The normalized spacial score (nSPS) is 16.5. The fraction of sp³-hybridized carbons (Fsp3) is 0. The van der Waals surface area contributed by atoms with Crippen molar-refractivity contribution in [2.24, 2.45) is 0 Å². The molecular weight excluding hydrogens is 338 g/mol. The standard InChI is InChI=1S/C15H9NO3S3/c17-13-12(8-11-5-2-6-21-11)22-15(20)16(13)10-4-1-3-9(7-10)14(18)19/h1-8H,(H,18,19). The molecule has 0 bridgehead atoms. The zero-order valence-corrected chi connectivity index (χ0v) is 13.5. The summed E-state index contributed by atoms with van der Waals surface area (Å²) >= 11 is 8.02. The summed E-state index contributed by atoms with van der Waals surface area (Å²) in [5.41, 5.74) is 0.589. The van der Waals surface area contributed by atoms with Gasteiger partial charge in [-0.25, -0.2) is 4.79 Å². The van der Waals surface area contributed by atoms with Crippen LogP contribution in [0.4, 0.5) is 5.69 Å². The minimum atomic E-state index is -1.04. The van der Waals surface area contributed by atoms with E-state index in [4.69, 9.17) is 17.3 Å². The van der Waals surface area contributed by atoms with Crippen LogP contribution in [0, 0.1) is 0 Å². The van der Waals surface area contributed by atoms with Gasteiger partial charge < -0.3 is 5.11 Å². The number of carboxylic acids is 1. The van der Waals surface area contributed by atoms with Gasteiger partial charge in [-0.3, -0.25) is 9.69 Å². The van der Waals surface area contributed by atoms with Gasteiger partial charge in [0.05, 0.1) is 16.2 Å². The lowest BCUT2D eigenvalue weighted by Gasteiger charge is -2.14. The van der Waals surface area contributed by atoms with Crippen molar-refractivity contribution in [2.45, 2.75) is 0 Å². The SMILES string of the molecule is O=C(O)c1cccc(N2C(=O)C(=Cc3cccs3)SC2=S)c1. The number of thioether (sulfide) groups is 1. The van der Waals surface area contributed by atoms with Crippen LogP contribution < -0.4 is 4.90 Å². The topological polar surface area (TPSA) is 57.6 Å². The van der Waals surface area contributed by atoms with E-state index < -0.39 is 5.97 Å². The van der Waals surface area contributed by atoms with E-state index in [9.17, 15) is 9.59 Å². The third-order valence-electron chi connectivity index (χ3n) is 2.96. The summed E-state index contributed by atoms with van der Waals surface area (Å²) in [6, 6.07) is 10.0. The number of carboxylic acid groups (broad SMARTS) is 1. The third kappa shape index (κ3) is 2.83. The molecule has 1 aromatic carbocycles. The average Bonchev–Trinajstić information content (AvgIpc) is 3.08. The van der Waals surface area contributed by atoms with Crippen LogP contribution >= 0.6 is 35.3 Å². The van der Waals surface area contributed by atoms with Crippen molar-refractivity contribution in [3.05, 3.63) is 57.1 Å². The molecule has 0 saturated carbocycles. The summed E-state index contributed by atoms with van der Waals surface area (Å²) in [5.74, 6) is -1.27. The van der Waals surface area contributed by atoms with Crippen LogP contribution in [-0.2, 0) is 4.79 Å². The minimum absolute atomic E-state index is 0.119. The molecule has 1 aromatic heterocycles. The summed E-state index contributed by atoms with van der Waals surface area (Å²) < 4.78 is 0.398. The summed E-state index contributed by atoms with van der Waals surface area (Å²) in [6.07, 6.45) is 1.80. The molecule has 0 unspecified atom stereocenters. The van der Waals surface area contributed by atoms with E-state index in [0.29, 0.717) is 14.9 Å². The van der Waals surface area contributed by atoms with Gasteiger partial charge in [0.25, 0.3) is 5.91 Å². The molecule has 0 radical (unpaired) electrons. The highest BCUT2D eigenvalue weighted by atomic mass is 32.2. The second kappa shape index (κ2) is 6.04. The Morgan fingerprint density at radius 3 is 2.77 bits per heavy atom. The number of thiocarbonyl (C=S) groups is 1. The van der Waals surface area contributed by atoms with Gasteiger partial charge >= 0.3 is 5.97 Å². The third-order valence-corrected chi connectivity index (χ3v) is 5.08. The summed E-state index contributed by atoms with van der Waals surface area (Å²) in [4.78, 5) is 26.5. The number of carbonyl (C=O) groups is 2. The van der Waals surface area contributed by atoms with Crippen molar-refractivity contribution in [2.75, 3.05) is 4.90 Å². The highest BCUT2D eigenvalue weighted by Crippen LogP contribution is 2.36. The van der Waals surface area contributed by atoms with Gasteiger partial charge in [0, 0.05) is 4.88 Å². The Balaban J connectivity index is 1.95. The molecule has 7 heteroatoms. The molecule has 1 amide bonds. The Kier molecular flexibility index (Phi) is 4.10. The monoisotopic (exact) mass is 347 g/mol. The van der Waals surface area contributed by atoms with E-state index in [2.05, 4.69) is 0 Å². The molecule has 2 aromatic rings. The first-order valence-corrected chi connectivity index (χ1v) is 8.31. The van der Waals surface area contributed by atoms with E-state index in [0.717, 1.165) is 4.88 Å². The highest BCUT2D eigenvalue weighted by molar-refractivity contribution is 8.27. The van der Waals surface area contributed by atoms with Gasteiger partial charge in [-0.2, -0.15) is 0 Å². The number of hydrogen-bond acceptors (Lipinski definition) is 5. The maximum Gasteiger partial charge on any atom is 0.335 e. The van der Waals surface area contributed by atoms with Gasteiger partial charge in [0.1, 0.15) is 0 Å². The fourth-order valence-electron chi connectivity index (χ4n) is 1.97. The molecule has 1 aliphatic heterocycles. The van der Waals surface area contributed by atoms with Crippen molar-refractivity contribution in [1.29, 1.82) is 0 Å². The van der Waals surface area contributed by atoms with E-state index in [-0.39, 0.29) is 11.5 Å². The lowest BCUT2D eigenvalue weighted by Crippen LogP contribution is -2.27. The van der Waals surface area contributed by atoms with Gasteiger partial charge in [0.2, 0.25) is 0 Å². The van der Waals surface area contributed by atoms with Crippen molar-refractivity contribution < 1.29 is 14.7 Å². The van der Waals surface area contributed by atoms with Crippen molar-refractivity contribution in [3.8, 4) is 0 Å². The van der Waals surface area contributed by atoms with Crippen LogP contribution in [0.5, 0.6) is 0 Å². The Morgan fingerprint density at radius 2 is 2.09 bits per heavy atom. The van der Waals surface area contributed by atoms with Gasteiger partial charge in [0.15, 0.2) is 4.32 Å². The minimum Gasteiger partial charge on any atom is -0.478 e. The Labute approximate surface area is 140 Å². The number of carbonyl (C=O) groups excluding carboxylic acids is 1. The highest BCUT2D eigenvalue weighted by Gasteiger charge is 2.33. The molecule has 2 heterocycles. The molecular formula is C15H9NO3S3. The number of benzene rings is 1. The van der Waals surface area contributed by atoms with Crippen molar-refractivity contribution >= 4 is 63.3 Å². The number of anilines is 1. The quantitative estimate of drug-likeness (QED) is 0.675. The summed E-state index contributed by atoms with van der Waals surface area (Å²) in [7, 11) is 0. The van der Waals surface area contributed by atoms with E-state index in [1.54, 1.807) is 18.2 Å². The van der Waals surface area contributed by atoms with Crippen LogP contribution in [-0.4, -0.2) is 21.3 Å². The maximum atomic E-state index is 12.5. The first-order valence-electron chi connectivity index (χ1n) is 6.21. The Hall–Kier alpha value is -1.96. The molecule has 0 atom stereocenters. The molecule has 1 aliphatic rings. The van der Waals surface area contributed by atoms with E-state index >= 15 is 0 Å². The maximum absolute atomic E-state index is 12.5. The number of hydrogen-bond donors (Lipinski definition) is 1. The number of amides is 1. The Morgan fingerprint density at radius 1 is 1.27 bits per heavy atom. The van der Waals surface area contributed by atoms with E-state index in [1.807, 2.05) is 17.5 Å². The van der Waals surface area contributed by atoms with Crippen molar-refractivity contribution in [1.82, 2.24) is 0 Å². The van der Waals surface area contributed by atoms with Crippen LogP contribution in [0.25, 0.3) is 6.08 Å². The fourth-order valence-corrected chi connectivity index (χ4v) is 3.99. The van der Waals surface area contributed by atoms with Gasteiger partial charge in [-0.1, -0.05) is 36.1 Å². The van der Waals surface area contributed by atoms with Crippen LogP contribution in [0.1, 0.15) is 15.2 Å². The molecule has 3 rings (SSSR count). The zero-order chi connectivity index (χ0) is 15.7. The number of nitrogens with zero attached hydrogens (tertiary/aromatic N) is 1. The molecule has 0 spiro atoms. The lowest BCUT2D eigenvalue weighted by atomic mass is 10.2. The number of thiophene rings is 1. The number of aromatic carboxylic acids is 1. The zero-order valence-electron chi connectivity index (χ0n) is 11.1. The molecule has 4 nitrogen and oxygen atoms in total. The first kappa shape index (κ1) is 15.0. The molecule has 0 aliphatic carbocycles. The molecule has 1 saturated heterocycles. The number of rotatable bonds is 3. The van der Waals surface area contributed by atoms with Crippen molar-refractivity contribution in [3.63, 3.8) is 0 Å². The lowest BCUT2D eigenvalue weighted by molar-refractivity contribution is -0.113. The largest absolute Gasteiger partial charge is 0.478 e. The van der Waals surface area contributed by atoms with Crippen LogP contribution in [0.2, 0.25) is 0 Å². The van der Waals surface area contributed by atoms with Crippen LogP contribution in [0.3, 0.4) is 0 Å². The van der Waals surface area contributed by atoms with Gasteiger partial charge in [-0.15, -0.1) is 11.3 Å². The average molecular weight is 347 g/mol. The Bertz CT molecular complexity index is 796. The summed E-state index contributed by atoms with van der Waals surface area (Å²) in [5, 5.41) is 11.0. The van der Waals surface area contributed by atoms with Gasteiger partial charge in [-0.05, 0) is 35.7 Å². The molecule has 22 heavy (non-hydrogen) atoms. The second-order valence-electron chi connectivity index (χ2n) is 4.39. The molecule has 110 valence electrons. The summed E-state index contributed by atoms with van der Waals surface area (Å²) in [6.45, 7) is 0. The van der Waals surface area contributed by atoms with E-state index in [1.165, 1.54) is 40.1 Å². The second-order valence-corrected chi connectivity index (χ2v) is 7.04. The smallest absolute Gasteiger partial charge is 0.335 e. The molecule has 1 N–H and O–H groups in total. The first-order chi connectivity index (χ1) is 10.6. The van der Waals surface area contributed by atoms with Crippen LogP contribution in [0.15, 0.2) is 46.7 Å². The molecule has 1 fully saturated rings. The predicted molar refractivity (Wildman–Crippen MR) is 93.4 cm³/mol.